The van der Waals surface area contributed by atoms with Crippen LogP contribution >= 0.6 is 0 Å². The molecule has 0 aromatic heterocycles. The van der Waals surface area contributed by atoms with Crippen LogP contribution in [0, 0.1) is 16.7 Å². The second-order valence-corrected chi connectivity index (χ2v) is 6.08. The van der Waals surface area contributed by atoms with E-state index in [2.05, 4.69) is 33.0 Å². The Bertz CT molecular complexity index is 208. The first-order valence-electron chi connectivity index (χ1n) is 6.31. The lowest BCUT2D eigenvalue weighted by Gasteiger charge is -2.13. The summed E-state index contributed by atoms with van der Waals surface area (Å²) >= 11 is 0. The monoisotopic (exact) mass is 228 g/mol. The van der Waals surface area contributed by atoms with E-state index in [-0.39, 0.29) is 6.10 Å². The SMILES string of the molecule is COC(CN)CCNCC1C(C)(C)C1(C)C. The summed E-state index contributed by atoms with van der Waals surface area (Å²) in [6, 6.07) is 0. The molecule has 3 nitrogen and oxygen atoms in total. The molecule has 0 amide bonds. The van der Waals surface area contributed by atoms with Crippen molar-refractivity contribution >= 4 is 0 Å². The topological polar surface area (TPSA) is 47.3 Å². The number of nitrogens with two attached hydrogens (primary N) is 1. The third kappa shape index (κ3) is 2.58. The molecule has 1 saturated carbocycles. The van der Waals surface area contributed by atoms with E-state index in [1.54, 1.807) is 7.11 Å². The largest absolute Gasteiger partial charge is 0.380 e. The molecule has 0 aromatic rings. The van der Waals surface area contributed by atoms with Crippen molar-refractivity contribution in [1.29, 1.82) is 0 Å². The number of ether oxygens (including phenoxy) is 1. The van der Waals surface area contributed by atoms with E-state index >= 15 is 0 Å². The first-order valence-corrected chi connectivity index (χ1v) is 6.31. The first-order chi connectivity index (χ1) is 7.37. The molecule has 1 fully saturated rings. The van der Waals surface area contributed by atoms with Gasteiger partial charge in [-0.15, -0.1) is 0 Å². The van der Waals surface area contributed by atoms with Gasteiger partial charge in [0.25, 0.3) is 0 Å². The zero-order chi connectivity index (χ0) is 12.4. The van der Waals surface area contributed by atoms with Gasteiger partial charge < -0.3 is 15.8 Å². The van der Waals surface area contributed by atoms with Gasteiger partial charge >= 0.3 is 0 Å². The summed E-state index contributed by atoms with van der Waals surface area (Å²) in [6.45, 7) is 12.2. The minimum atomic E-state index is 0.202. The van der Waals surface area contributed by atoms with E-state index in [4.69, 9.17) is 10.5 Å². The minimum absolute atomic E-state index is 0.202. The summed E-state index contributed by atoms with van der Waals surface area (Å²) in [5.74, 6) is 0.791. The summed E-state index contributed by atoms with van der Waals surface area (Å²) < 4.78 is 5.24. The Kier molecular flexibility index (Phi) is 4.38. The van der Waals surface area contributed by atoms with E-state index < -0.39 is 0 Å². The average Bonchev–Trinajstić information content (AvgIpc) is 2.60. The minimum Gasteiger partial charge on any atom is -0.380 e. The number of methoxy groups -OCH3 is 1. The molecule has 1 aliphatic rings. The Morgan fingerprint density at radius 2 is 1.81 bits per heavy atom. The van der Waals surface area contributed by atoms with E-state index in [0.29, 0.717) is 17.4 Å². The Labute approximate surface area is 100 Å². The predicted octanol–water partition coefficient (Wildman–Crippen LogP) is 1.62. The van der Waals surface area contributed by atoms with Gasteiger partial charge in [0.2, 0.25) is 0 Å². The molecule has 0 radical (unpaired) electrons. The lowest BCUT2D eigenvalue weighted by atomic mass is 10.0. The van der Waals surface area contributed by atoms with E-state index in [1.165, 1.54) is 0 Å². The number of rotatable bonds is 7. The molecule has 0 heterocycles. The Balaban J connectivity index is 2.14. The van der Waals surface area contributed by atoms with Crippen LogP contribution in [0.4, 0.5) is 0 Å². The molecule has 96 valence electrons. The lowest BCUT2D eigenvalue weighted by Crippen LogP contribution is -2.29. The van der Waals surface area contributed by atoms with Crippen LogP contribution in [0.3, 0.4) is 0 Å². The molecule has 0 bridgehead atoms. The second-order valence-electron chi connectivity index (χ2n) is 6.08. The van der Waals surface area contributed by atoms with Gasteiger partial charge in [-0.25, -0.2) is 0 Å². The normalized spacial score (nSPS) is 24.4. The van der Waals surface area contributed by atoms with Crippen molar-refractivity contribution in [1.82, 2.24) is 5.32 Å². The Morgan fingerprint density at radius 3 is 2.19 bits per heavy atom. The maximum atomic E-state index is 5.57. The molecule has 1 unspecified atom stereocenters. The maximum Gasteiger partial charge on any atom is 0.0705 e. The molecular weight excluding hydrogens is 200 g/mol. The molecule has 16 heavy (non-hydrogen) atoms. The van der Waals surface area contributed by atoms with E-state index in [0.717, 1.165) is 25.4 Å². The molecule has 0 spiro atoms. The third-order valence-corrected chi connectivity index (χ3v) is 4.91. The van der Waals surface area contributed by atoms with Crippen LogP contribution < -0.4 is 11.1 Å². The molecule has 3 heteroatoms. The standard InChI is InChI=1S/C13H28N2O/c1-12(2)11(13(12,3)4)9-15-7-6-10(8-14)16-5/h10-11,15H,6-9,14H2,1-5H3. The summed E-state index contributed by atoms with van der Waals surface area (Å²) in [7, 11) is 1.73. The molecule has 0 aliphatic heterocycles. The van der Waals surface area contributed by atoms with Gasteiger partial charge in [0.05, 0.1) is 6.10 Å². The lowest BCUT2D eigenvalue weighted by molar-refractivity contribution is 0.102. The van der Waals surface area contributed by atoms with Crippen molar-refractivity contribution < 1.29 is 4.74 Å². The average molecular weight is 228 g/mol. The molecule has 3 N–H and O–H groups in total. The zero-order valence-corrected chi connectivity index (χ0v) is 11.5. The van der Waals surface area contributed by atoms with Crippen LogP contribution in [-0.2, 0) is 4.74 Å². The van der Waals surface area contributed by atoms with Gasteiger partial charge in [-0.3, -0.25) is 0 Å². The Hall–Kier alpha value is -0.120. The molecule has 1 aliphatic carbocycles. The molecule has 1 atom stereocenters. The zero-order valence-electron chi connectivity index (χ0n) is 11.5. The summed E-state index contributed by atoms with van der Waals surface area (Å²) in [5.41, 5.74) is 6.53. The van der Waals surface area contributed by atoms with Gasteiger partial charge in [-0.05, 0) is 36.3 Å². The summed E-state index contributed by atoms with van der Waals surface area (Å²) in [4.78, 5) is 0. The molecular formula is C13H28N2O. The quantitative estimate of drug-likeness (QED) is 0.651. The van der Waals surface area contributed by atoms with Crippen LogP contribution in [-0.4, -0.2) is 32.8 Å². The first kappa shape index (κ1) is 13.9. The smallest absolute Gasteiger partial charge is 0.0705 e. The van der Waals surface area contributed by atoms with Crippen molar-refractivity contribution in [2.45, 2.75) is 40.2 Å². The highest BCUT2D eigenvalue weighted by Crippen LogP contribution is 2.67. The number of nitrogens with one attached hydrogen (secondary N) is 1. The van der Waals surface area contributed by atoms with Gasteiger partial charge in [0.1, 0.15) is 0 Å². The van der Waals surface area contributed by atoms with Crippen molar-refractivity contribution in [3.05, 3.63) is 0 Å². The highest BCUT2D eigenvalue weighted by atomic mass is 16.5. The van der Waals surface area contributed by atoms with Gasteiger partial charge in [-0.1, -0.05) is 27.7 Å². The van der Waals surface area contributed by atoms with Crippen LogP contribution in [0.2, 0.25) is 0 Å². The van der Waals surface area contributed by atoms with Crippen molar-refractivity contribution in [2.75, 3.05) is 26.7 Å². The van der Waals surface area contributed by atoms with Crippen molar-refractivity contribution in [2.24, 2.45) is 22.5 Å². The molecule has 0 saturated heterocycles. The third-order valence-electron chi connectivity index (χ3n) is 4.91. The van der Waals surface area contributed by atoms with E-state index in [9.17, 15) is 0 Å². The highest BCUT2D eigenvalue weighted by molar-refractivity contribution is 5.12. The fourth-order valence-electron chi connectivity index (χ4n) is 2.68. The Morgan fingerprint density at radius 1 is 1.25 bits per heavy atom. The fraction of sp³-hybridized carbons (Fsp3) is 1.00. The predicted molar refractivity (Wildman–Crippen MR) is 68.4 cm³/mol. The summed E-state index contributed by atoms with van der Waals surface area (Å²) in [6.07, 6.45) is 1.20. The van der Waals surface area contributed by atoms with Crippen LogP contribution in [0.5, 0.6) is 0 Å². The maximum absolute atomic E-state index is 5.57. The molecule has 1 rings (SSSR count). The van der Waals surface area contributed by atoms with Crippen LogP contribution in [0.15, 0.2) is 0 Å². The fourth-order valence-corrected chi connectivity index (χ4v) is 2.68. The molecule has 0 aromatic carbocycles. The second kappa shape index (κ2) is 5.03. The van der Waals surface area contributed by atoms with E-state index in [1.807, 2.05) is 0 Å². The number of hydrogen-bond acceptors (Lipinski definition) is 3. The van der Waals surface area contributed by atoms with Gasteiger partial charge in [-0.2, -0.15) is 0 Å². The van der Waals surface area contributed by atoms with Crippen molar-refractivity contribution in [3.63, 3.8) is 0 Å². The number of hydrogen-bond donors (Lipinski definition) is 2. The summed E-state index contributed by atoms with van der Waals surface area (Å²) in [5, 5.41) is 3.52. The van der Waals surface area contributed by atoms with Gasteiger partial charge in [0.15, 0.2) is 0 Å². The highest BCUT2D eigenvalue weighted by Gasteiger charge is 2.63. The van der Waals surface area contributed by atoms with Crippen molar-refractivity contribution in [3.8, 4) is 0 Å². The van der Waals surface area contributed by atoms with Crippen LogP contribution in [0.25, 0.3) is 0 Å². The van der Waals surface area contributed by atoms with Crippen LogP contribution in [0.1, 0.15) is 34.1 Å². The van der Waals surface area contributed by atoms with Gasteiger partial charge in [0, 0.05) is 13.7 Å².